The molecular formula is C12H18N3NaO2. The summed E-state index contributed by atoms with van der Waals surface area (Å²) in [6, 6.07) is 3.77. The number of pyridine rings is 1. The Hall–Kier alpha value is -0.650. The molecule has 1 heterocycles. The van der Waals surface area contributed by atoms with E-state index in [9.17, 15) is 10.1 Å². The summed E-state index contributed by atoms with van der Waals surface area (Å²) in [5.41, 5.74) is 0.0470. The number of hydrogen-bond donors (Lipinski definition) is 0. The Labute approximate surface area is 131 Å². The number of rotatable bonds is 3. The van der Waals surface area contributed by atoms with E-state index in [4.69, 9.17) is 0 Å². The first-order chi connectivity index (χ1) is 8.18. The van der Waals surface area contributed by atoms with Gasteiger partial charge in [0.05, 0.1) is 4.92 Å². The molecule has 1 aliphatic carbocycles. The average molecular weight is 259 g/mol. The summed E-state index contributed by atoms with van der Waals surface area (Å²) in [5, 5.41) is 10.5. The van der Waals surface area contributed by atoms with Crippen molar-refractivity contribution >= 4 is 11.5 Å². The van der Waals surface area contributed by atoms with E-state index in [0.717, 1.165) is 5.82 Å². The predicted molar refractivity (Wildman–Crippen MR) is 67.3 cm³/mol. The van der Waals surface area contributed by atoms with Gasteiger partial charge in [-0.1, -0.05) is 19.3 Å². The normalized spacial score (nSPS) is 15.8. The molecule has 2 rings (SSSR count). The predicted octanol–water partition coefficient (Wildman–Crippen LogP) is -0.125. The smallest absolute Gasteiger partial charge is 1.00 e. The minimum atomic E-state index is -0.419. The Morgan fingerprint density at radius 2 is 2.06 bits per heavy atom. The largest absolute Gasteiger partial charge is 1.00 e. The van der Waals surface area contributed by atoms with Crippen LogP contribution in [0, 0.1) is 10.1 Å². The zero-order valence-electron chi connectivity index (χ0n) is 12.0. The van der Waals surface area contributed by atoms with E-state index in [2.05, 4.69) is 9.88 Å². The van der Waals surface area contributed by atoms with Crippen LogP contribution in [0.3, 0.4) is 0 Å². The second-order valence-electron chi connectivity index (χ2n) is 4.53. The van der Waals surface area contributed by atoms with Crippen LogP contribution in [0.1, 0.15) is 33.5 Å². The average Bonchev–Trinajstić information content (AvgIpc) is 2.39. The Bertz CT molecular complexity index is 396. The Kier molecular flexibility index (Phi) is 6.05. The van der Waals surface area contributed by atoms with Gasteiger partial charge in [0.15, 0.2) is 0 Å². The van der Waals surface area contributed by atoms with Gasteiger partial charge in [0.2, 0.25) is 0 Å². The summed E-state index contributed by atoms with van der Waals surface area (Å²) in [6.07, 6.45) is 7.56. The van der Waals surface area contributed by atoms with Gasteiger partial charge in [-0.25, -0.2) is 4.98 Å². The summed E-state index contributed by atoms with van der Waals surface area (Å²) in [7, 11) is 2.02. The molecule has 0 aliphatic heterocycles. The van der Waals surface area contributed by atoms with Crippen LogP contribution in [0.25, 0.3) is 0 Å². The third kappa shape index (κ3) is 3.67. The van der Waals surface area contributed by atoms with Gasteiger partial charge in [-0.2, -0.15) is 0 Å². The molecule has 18 heavy (non-hydrogen) atoms. The molecule has 1 aromatic heterocycles. The molecule has 0 aromatic carbocycles. The Balaban J connectivity index is 0.00000162. The third-order valence-electron chi connectivity index (χ3n) is 3.43. The molecule has 1 aromatic rings. The van der Waals surface area contributed by atoms with Gasteiger partial charge in [0.25, 0.3) is 5.69 Å². The molecule has 0 amide bonds. The van der Waals surface area contributed by atoms with E-state index in [0.29, 0.717) is 6.04 Å². The molecular weight excluding hydrogens is 241 g/mol. The molecule has 0 N–H and O–H groups in total. The number of hydrogen-bond acceptors (Lipinski definition) is 4. The first-order valence-electron chi connectivity index (χ1n) is 6.02. The summed E-state index contributed by atoms with van der Waals surface area (Å²) in [4.78, 5) is 16.4. The molecule has 0 unspecified atom stereocenters. The molecule has 94 valence electrons. The monoisotopic (exact) mass is 259 g/mol. The molecule has 0 radical (unpaired) electrons. The molecule has 0 atom stereocenters. The van der Waals surface area contributed by atoms with Crippen LogP contribution in [0.15, 0.2) is 18.3 Å². The fraction of sp³-hybridized carbons (Fsp3) is 0.583. The fourth-order valence-electron chi connectivity index (χ4n) is 2.35. The summed E-state index contributed by atoms with van der Waals surface area (Å²) < 4.78 is 0. The number of nitro groups is 1. The number of anilines is 1. The van der Waals surface area contributed by atoms with Crippen molar-refractivity contribution in [3.8, 4) is 0 Å². The van der Waals surface area contributed by atoms with Gasteiger partial charge in [-0.15, -0.1) is 0 Å². The van der Waals surface area contributed by atoms with Gasteiger partial charge in [-0.3, -0.25) is 10.1 Å². The van der Waals surface area contributed by atoms with Crippen molar-refractivity contribution in [3.63, 3.8) is 0 Å². The van der Waals surface area contributed by atoms with Gasteiger partial charge < -0.3 is 6.33 Å². The first kappa shape index (κ1) is 15.4. The molecule has 0 spiro atoms. The molecule has 0 bridgehead atoms. The quantitative estimate of drug-likeness (QED) is 0.431. The van der Waals surface area contributed by atoms with Gasteiger partial charge in [0, 0.05) is 19.2 Å². The second kappa shape index (κ2) is 7.07. The summed E-state index contributed by atoms with van der Waals surface area (Å²) >= 11 is 0. The van der Waals surface area contributed by atoms with Crippen LogP contribution >= 0.6 is 0 Å². The molecule has 1 aliphatic rings. The molecule has 6 heteroatoms. The van der Waals surface area contributed by atoms with E-state index in [1.54, 1.807) is 6.07 Å². The van der Waals surface area contributed by atoms with Crippen LogP contribution in [0.2, 0.25) is 0 Å². The minimum Gasteiger partial charge on any atom is -1.00 e. The van der Waals surface area contributed by atoms with Crippen LogP contribution < -0.4 is 34.5 Å². The van der Waals surface area contributed by atoms with Crippen molar-refractivity contribution in [2.45, 2.75) is 38.1 Å². The topological polar surface area (TPSA) is 59.3 Å². The minimum absolute atomic E-state index is 0. The van der Waals surface area contributed by atoms with Crippen LogP contribution in [-0.2, 0) is 0 Å². The number of nitrogens with zero attached hydrogens (tertiary/aromatic N) is 3. The van der Waals surface area contributed by atoms with E-state index in [1.807, 2.05) is 7.05 Å². The van der Waals surface area contributed by atoms with E-state index < -0.39 is 4.92 Å². The van der Waals surface area contributed by atoms with Gasteiger partial charge >= 0.3 is 29.6 Å². The van der Waals surface area contributed by atoms with Crippen molar-refractivity contribution in [2.24, 2.45) is 0 Å². The van der Waals surface area contributed by atoms with Crippen molar-refractivity contribution in [3.05, 3.63) is 28.4 Å². The number of aromatic nitrogens is 1. The van der Waals surface area contributed by atoms with E-state index in [-0.39, 0.29) is 36.7 Å². The maximum Gasteiger partial charge on any atom is 1.00 e. The van der Waals surface area contributed by atoms with Crippen LogP contribution in [0.4, 0.5) is 11.5 Å². The maximum absolute atomic E-state index is 10.5. The SMILES string of the molecule is CN(c1ccc([N+](=O)[O-])cn1)C1CCCCC1.[H-].[Na+]. The molecule has 0 saturated heterocycles. The van der Waals surface area contributed by atoms with Crippen molar-refractivity contribution in [1.29, 1.82) is 0 Å². The Morgan fingerprint density at radius 3 is 2.56 bits per heavy atom. The van der Waals surface area contributed by atoms with Gasteiger partial charge in [0.1, 0.15) is 12.0 Å². The van der Waals surface area contributed by atoms with Crippen molar-refractivity contribution < 1.29 is 35.9 Å². The molecule has 1 saturated carbocycles. The summed E-state index contributed by atoms with van der Waals surface area (Å²) in [5.74, 6) is 0.822. The van der Waals surface area contributed by atoms with E-state index >= 15 is 0 Å². The van der Waals surface area contributed by atoms with Crippen molar-refractivity contribution in [2.75, 3.05) is 11.9 Å². The zero-order chi connectivity index (χ0) is 12.3. The first-order valence-corrected chi connectivity index (χ1v) is 6.02. The van der Waals surface area contributed by atoms with Crippen molar-refractivity contribution in [1.82, 2.24) is 4.98 Å². The molecule has 1 fully saturated rings. The fourth-order valence-corrected chi connectivity index (χ4v) is 2.35. The Morgan fingerprint density at radius 1 is 1.39 bits per heavy atom. The standard InChI is InChI=1S/C12H17N3O2.Na.H/c1-14(10-5-3-2-4-6-10)12-8-7-11(9-13-12)15(16)17;;/h7-10H,2-6H2,1H3;;/q;+1;-1. The second-order valence-corrected chi connectivity index (χ2v) is 4.53. The third-order valence-corrected chi connectivity index (χ3v) is 3.43. The van der Waals surface area contributed by atoms with Gasteiger partial charge in [-0.05, 0) is 18.9 Å². The zero-order valence-corrected chi connectivity index (χ0v) is 13.0. The van der Waals surface area contributed by atoms with Crippen LogP contribution in [-0.4, -0.2) is 23.0 Å². The molecule has 5 nitrogen and oxygen atoms in total. The summed E-state index contributed by atoms with van der Waals surface area (Å²) in [6.45, 7) is 0. The van der Waals surface area contributed by atoms with Crippen LogP contribution in [0.5, 0.6) is 0 Å². The maximum atomic E-state index is 10.5. The van der Waals surface area contributed by atoms with E-state index in [1.165, 1.54) is 44.4 Å².